The van der Waals surface area contributed by atoms with Gasteiger partial charge in [-0.15, -0.1) is 0 Å². The molecule has 0 fully saturated rings. The standard InChI is InChI=1S/C25H23NO4/c1-28-25(27)21-15-23(29-17-19-9-4-2-5-10-19)22(13-8-14-26)24(16-21)30-18-20-11-6-3-7-12-20/h2-7,9-12,15-16H,14,17-18,26H2,1H3. The largest absolute Gasteiger partial charge is 0.487 e. The summed E-state index contributed by atoms with van der Waals surface area (Å²) in [6.07, 6.45) is 0. The number of hydrogen-bond acceptors (Lipinski definition) is 5. The summed E-state index contributed by atoms with van der Waals surface area (Å²) >= 11 is 0. The van der Waals surface area contributed by atoms with E-state index in [0.717, 1.165) is 11.1 Å². The van der Waals surface area contributed by atoms with Crippen molar-refractivity contribution < 1.29 is 19.0 Å². The van der Waals surface area contributed by atoms with E-state index >= 15 is 0 Å². The topological polar surface area (TPSA) is 70.8 Å². The third-order valence-corrected chi connectivity index (χ3v) is 4.28. The fourth-order valence-electron chi connectivity index (χ4n) is 2.79. The van der Waals surface area contributed by atoms with Gasteiger partial charge >= 0.3 is 5.97 Å². The van der Waals surface area contributed by atoms with E-state index in [4.69, 9.17) is 19.9 Å². The minimum Gasteiger partial charge on any atom is -0.487 e. The van der Waals surface area contributed by atoms with Gasteiger partial charge in [0.2, 0.25) is 0 Å². The zero-order valence-electron chi connectivity index (χ0n) is 16.8. The molecule has 0 spiro atoms. The summed E-state index contributed by atoms with van der Waals surface area (Å²) in [7, 11) is 1.33. The zero-order valence-corrected chi connectivity index (χ0v) is 16.8. The summed E-state index contributed by atoms with van der Waals surface area (Å²) in [6, 6.07) is 22.7. The van der Waals surface area contributed by atoms with Crippen molar-refractivity contribution in [1.29, 1.82) is 0 Å². The van der Waals surface area contributed by atoms with Crippen LogP contribution in [0.25, 0.3) is 0 Å². The fraction of sp³-hybridized carbons (Fsp3) is 0.160. The van der Waals surface area contributed by atoms with E-state index in [9.17, 15) is 4.79 Å². The van der Waals surface area contributed by atoms with Crippen molar-refractivity contribution in [3.63, 3.8) is 0 Å². The van der Waals surface area contributed by atoms with Gasteiger partial charge < -0.3 is 19.9 Å². The molecule has 0 atom stereocenters. The smallest absolute Gasteiger partial charge is 0.338 e. The Morgan fingerprint density at radius 3 is 1.80 bits per heavy atom. The van der Waals surface area contributed by atoms with E-state index in [-0.39, 0.29) is 6.54 Å². The van der Waals surface area contributed by atoms with Crippen LogP contribution in [0.2, 0.25) is 0 Å². The number of carbonyl (C=O) groups excluding carboxylic acids is 1. The molecule has 2 N–H and O–H groups in total. The lowest BCUT2D eigenvalue weighted by Crippen LogP contribution is -2.07. The molecule has 0 radical (unpaired) electrons. The van der Waals surface area contributed by atoms with Crippen molar-refractivity contribution in [2.75, 3.05) is 13.7 Å². The van der Waals surface area contributed by atoms with Crippen molar-refractivity contribution in [2.45, 2.75) is 13.2 Å². The first kappa shape index (κ1) is 21.0. The Hall–Kier alpha value is -3.75. The van der Waals surface area contributed by atoms with Gasteiger partial charge in [-0.05, 0) is 23.3 Å². The highest BCUT2D eigenvalue weighted by Gasteiger charge is 2.17. The molecule has 152 valence electrons. The number of benzene rings is 3. The number of ether oxygens (including phenoxy) is 3. The summed E-state index contributed by atoms with van der Waals surface area (Å²) in [5, 5.41) is 0. The Kier molecular flexibility index (Phi) is 7.48. The minimum atomic E-state index is -0.484. The summed E-state index contributed by atoms with van der Waals surface area (Å²) in [5.74, 6) is 6.26. The fourth-order valence-corrected chi connectivity index (χ4v) is 2.79. The van der Waals surface area contributed by atoms with E-state index < -0.39 is 5.97 Å². The monoisotopic (exact) mass is 401 g/mol. The molecule has 0 unspecified atom stereocenters. The van der Waals surface area contributed by atoms with Crippen LogP contribution in [0, 0.1) is 11.8 Å². The average molecular weight is 401 g/mol. The van der Waals surface area contributed by atoms with Gasteiger partial charge in [0.05, 0.1) is 19.2 Å². The molecular weight excluding hydrogens is 378 g/mol. The lowest BCUT2D eigenvalue weighted by Gasteiger charge is -2.15. The molecule has 3 aromatic rings. The zero-order chi connectivity index (χ0) is 21.2. The Bertz CT molecular complexity index is 972. The van der Waals surface area contributed by atoms with Gasteiger partial charge in [0.15, 0.2) is 0 Å². The molecule has 0 amide bonds. The van der Waals surface area contributed by atoms with Gasteiger partial charge in [-0.1, -0.05) is 72.5 Å². The Morgan fingerprint density at radius 2 is 1.37 bits per heavy atom. The molecule has 0 saturated carbocycles. The van der Waals surface area contributed by atoms with E-state index in [1.165, 1.54) is 7.11 Å². The first-order chi connectivity index (χ1) is 14.7. The summed E-state index contributed by atoms with van der Waals surface area (Å²) in [5.41, 5.74) is 8.42. The Labute approximate surface area is 176 Å². The second kappa shape index (κ2) is 10.7. The van der Waals surface area contributed by atoms with Crippen molar-refractivity contribution >= 4 is 5.97 Å². The maximum absolute atomic E-state index is 12.2. The molecule has 0 heterocycles. The molecule has 0 bridgehead atoms. The molecule has 3 rings (SSSR count). The van der Waals surface area contributed by atoms with E-state index in [1.54, 1.807) is 12.1 Å². The number of methoxy groups -OCH3 is 1. The normalized spacial score (nSPS) is 9.93. The minimum absolute atomic E-state index is 0.189. The summed E-state index contributed by atoms with van der Waals surface area (Å²) in [6.45, 7) is 0.830. The highest BCUT2D eigenvalue weighted by atomic mass is 16.5. The van der Waals surface area contributed by atoms with Crippen LogP contribution in [0.4, 0.5) is 0 Å². The molecule has 0 saturated heterocycles. The van der Waals surface area contributed by atoms with Crippen LogP contribution < -0.4 is 15.2 Å². The number of carbonyl (C=O) groups is 1. The van der Waals surface area contributed by atoms with Gasteiger partial charge in [-0.25, -0.2) is 4.79 Å². The Balaban J connectivity index is 1.97. The van der Waals surface area contributed by atoms with Crippen LogP contribution in [-0.4, -0.2) is 19.6 Å². The molecule has 0 aliphatic carbocycles. The number of rotatable bonds is 7. The maximum Gasteiger partial charge on any atom is 0.338 e. The lowest BCUT2D eigenvalue weighted by atomic mass is 10.1. The first-order valence-corrected chi connectivity index (χ1v) is 9.50. The van der Waals surface area contributed by atoms with Gasteiger partial charge in [0, 0.05) is 0 Å². The van der Waals surface area contributed by atoms with Gasteiger partial charge in [-0.2, -0.15) is 0 Å². The number of nitrogens with two attached hydrogens (primary N) is 1. The molecule has 5 nitrogen and oxygen atoms in total. The average Bonchev–Trinajstić information content (AvgIpc) is 2.81. The van der Waals surface area contributed by atoms with Crippen LogP contribution in [0.5, 0.6) is 11.5 Å². The molecule has 0 aromatic heterocycles. The van der Waals surface area contributed by atoms with E-state index in [2.05, 4.69) is 11.8 Å². The first-order valence-electron chi connectivity index (χ1n) is 9.50. The van der Waals surface area contributed by atoms with Crippen molar-refractivity contribution in [3.8, 4) is 23.3 Å². The summed E-state index contributed by atoms with van der Waals surface area (Å²) in [4.78, 5) is 12.2. The third kappa shape index (κ3) is 5.63. The second-order valence-corrected chi connectivity index (χ2v) is 6.39. The van der Waals surface area contributed by atoms with E-state index in [1.807, 2.05) is 60.7 Å². The molecule has 5 heteroatoms. The van der Waals surface area contributed by atoms with Gasteiger partial charge in [0.25, 0.3) is 0 Å². The SMILES string of the molecule is COC(=O)c1cc(OCc2ccccc2)c(C#CCN)c(OCc2ccccc2)c1. The maximum atomic E-state index is 12.2. The summed E-state index contributed by atoms with van der Waals surface area (Å²) < 4.78 is 16.9. The lowest BCUT2D eigenvalue weighted by molar-refractivity contribution is 0.0599. The van der Waals surface area contributed by atoms with Crippen molar-refractivity contribution in [2.24, 2.45) is 5.73 Å². The second-order valence-electron chi connectivity index (χ2n) is 6.39. The predicted octanol–water partition coefficient (Wildman–Crippen LogP) is 3.94. The molecule has 0 aliphatic rings. The van der Waals surface area contributed by atoms with Crippen LogP contribution in [0.15, 0.2) is 72.8 Å². The van der Waals surface area contributed by atoms with Crippen LogP contribution in [-0.2, 0) is 18.0 Å². The highest BCUT2D eigenvalue weighted by Crippen LogP contribution is 2.32. The number of esters is 1. The van der Waals surface area contributed by atoms with Crippen LogP contribution >= 0.6 is 0 Å². The van der Waals surface area contributed by atoms with Crippen molar-refractivity contribution in [3.05, 3.63) is 95.1 Å². The predicted molar refractivity (Wildman–Crippen MR) is 115 cm³/mol. The molecule has 30 heavy (non-hydrogen) atoms. The molecule has 3 aromatic carbocycles. The van der Waals surface area contributed by atoms with Crippen LogP contribution in [0.1, 0.15) is 27.0 Å². The quantitative estimate of drug-likeness (QED) is 0.480. The molecule has 0 aliphatic heterocycles. The van der Waals surface area contributed by atoms with Gasteiger partial charge in [-0.3, -0.25) is 0 Å². The third-order valence-electron chi connectivity index (χ3n) is 4.28. The van der Waals surface area contributed by atoms with Gasteiger partial charge in [0.1, 0.15) is 30.3 Å². The molecular formula is C25H23NO4. The van der Waals surface area contributed by atoms with Crippen molar-refractivity contribution in [1.82, 2.24) is 0 Å². The Morgan fingerprint density at radius 1 is 0.867 bits per heavy atom. The van der Waals surface area contributed by atoms with Crippen LogP contribution in [0.3, 0.4) is 0 Å². The number of hydrogen-bond donors (Lipinski definition) is 1. The van der Waals surface area contributed by atoms with E-state index in [0.29, 0.717) is 35.8 Å². The highest BCUT2D eigenvalue weighted by molar-refractivity contribution is 5.91.